The largest absolute Gasteiger partial charge is 0.464 e. The molecule has 1 aromatic carbocycles. The maximum Gasteiger partial charge on any atom is 0.328 e. The quantitative estimate of drug-likeness (QED) is 0.828. The van der Waals surface area contributed by atoms with Crippen LogP contribution in [0, 0.1) is 11.2 Å². The third-order valence-electron chi connectivity index (χ3n) is 2.55. The number of anilines is 1. The lowest BCUT2D eigenvalue weighted by molar-refractivity contribution is -0.144. The fourth-order valence-electron chi connectivity index (χ4n) is 1.83. The number of carbonyl (C=O) groups is 1. The molecule has 1 aromatic rings. The Morgan fingerprint density at radius 3 is 2.63 bits per heavy atom. The number of esters is 1. The molecule has 0 aliphatic heterocycles. The predicted molar refractivity (Wildman–Crippen MR) is 74.5 cm³/mol. The third-order valence-corrected chi connectivity index (χ3v) is 2.55. The van der Waals surface area contributed by atoms with Crippen LogP contribution in [0.4, 0.5) is 10.1 Å². The van der Waals surface area contributed by atoms with Gasteiger partial charge in [0.1, 0.15) is 11.9 Å². The summed E-state index contributed by atoms with van der Waals surface area (Å²) in [5.41, 5.74) is 0.555. The maximum atomic E-state index is 13.1. The van der Waals surface area contributed by atoms with Crippen molar-refractivity contribution < 1.29 is 13.9 Å². The van der Waals surface area contributed by atoms with Gasteiger partial charge in [-0.05, 0) is 37.0 Å². The minimum Gasteiger partial charge on any atom is -0.464 e. The summed E-state index contributed by atoms with van der Waals surface area (Å²) in [6, 6.07) is 5.61. The number of hydrogen-bond donors (Lipinski definition) is 1. The number of nitrogens with one attached hydrogen (secondary N) is 1. The zero-order chi connectivity index (χ0) is 14.5. The first-order valence-electron chi connectivity index (χ1n) is 6.50. The van der Waals surface area contributed by atoms with Gasteiger partial charge in [0.25, 0.3) is 0 Å². The average molecular weight is 267 g/mol. The van der Waals surface area contributed by atoms with Gasteiger partial charge in [0, 0.05) is 5.69 Å². The molecule has 1 atom stereocenters. The van der Waals surface area contributed by atoms with E-state index in [1.54, 1.807) is 19.1 Å². The predicted octanol–water partition coefficient (Wildman–Crippen LogP) is 3.61. The molecule has 0 aliphatic carbocycles. The Balaban J connectivity index is 2.82. The number of ether oxygens (including phenoxy) is 1. The smallest absolute Gasteiger partial charge is 0.328 e. The standard InChI is InChI=1S/C15H22FNO2/c1-5-19-14(18)13(10-15(2,3)4)17-12-8-6-7-11(16)9-12/h6-9,13,17H,5,10H2,1-4H3. The Labute approximate surface area is 114 Å². The second-order valence-corrected chi connectivity index (χ2v) is 5.72. The first-order valence-corrected chi connectivity index (χ1v) is 6.50. The van der Waals surface area contributed by atoms with Gasteiger partial charge in [-0.25, -0.2) is 9.18 Å². The van der Waals surface area contributed by atoms with Gasteiger partial charge in [-0.3, -0.25) is 0 Å². The van der Waals surface area contributed by atoms with Crippen LogP contribution in [-0.2, 0) is 9.53 Å². The van der Waals surface area contributed by atoms with Crippen LogP contribution in [0.25, 0.3) is 0 Å². The fourth-order valence-corrected chi connectivity index (χ4v) is 1.83. The number of halogens is 1. The molecule has 3 nitrogen and oxygen atoms in total. The Bertz CT molecular complexity index is 426. The highest BCUT2D eigenvalue weighted by atomic mass is 19.1. The van der Waals surface area contributed by atoms with E-state index in [0.717, 1.165) is 0 Å². The normalized spacial score (nSPS) is 12.9. The molecular weight excluding hydrogens is 245 g/mol. The molecule has 1 rings (SSSR count). The van der Waals surface area contributed by atoms with Crippen molar-refractivity contribution in [2.24, 2.45) is 5.41 Å². The summed E-state index contributed by atoms with van der Waals surface area (Å²) in [5, 5.41) is 3.05. The first kappa shape index (κ1) is 15.5. The van der Waals surface area contributed by atoms with E-state index in [1.807, 2.05) is 20.8 Å². The van der Waals surface area contributed by atoms with E-state index in [1.165, 1.54) is 12.1 Å². The Kier molecular flexibility index (Phi) is 5.33. The summed E-state index contributed by atoms with van der Waals surface area (Å²) in [6.07, 6.45) is 0.613. The van der Waals surface area contributed by atoms with Crippen molar-refractivity contribution in [2.45, 2.75) is 40.2 Å². The van der Waals surface area contributed by atoms with Crippen molar-refractivity contribution >= 4 is 11.7 Å². The highest BCUT2D eigenvalue weighted by Gasteiger charge is 2.26. The van der Waals surface area contributed by atoms with Crippen LogP contribution in [0.2, 0.25) is 0 Å². The van der Waals surface area contributed by atoms with Crippen LogP contribution in [0.3, 0.4) is 0 Å². The fraction of sp³-hybridized carbons (Fsp3) is 0.533. The summed E-state index contributed by atoms with van der Waals surface area (Å²) in [4.78, 5) is 11.9. The van der Waals surface area contributed by atoms with Crippen molar-refractivity contribution in [3.63, 3.8) is 0 Å². The van der Waals surface area contributed by atoms with E-state index in [0.29, 0.717) is 18.7 Å². The van der Waals surface area contributed by atoms with E-state index in [2.05, 4.69) is 5.32 Å². The van der Waals surface area contributed by atoms with E-state index in [9.17, 15) is 9.18 Å². The topological polar surface area (TPSA) is 38.3 Å². The molecule has 0 radical (unpaired) electrons. The van der Waals surface area contributed by atoms with Gasteiger partial charge in [-0.1, -0.05) is 26.8 Å². The summed E-state index contributed by atoms with van der Waals surface area (Å²) < 4.78 is 18.2. The van der Waals surface area contributed by atoms with Gasteiger partial charge < -0.3 is 10.1 Å². The molecule has 0 aliphatic rings. The van der Waals surface area contributed by atoms with Gasteiger partial charge in [0.2, 0.25) is 0 Å². The van der Waals surface area contributed by atoms with Crippen LogP contribution in [0.5, 0.6) is 0 Å². The Morgan fingerprint density at radius 1 is 1.42 bits per heavy atom. The molecule has 0 bridgehead atoms. The number of rotatable bonds is 5. The van der Waals surface area contributed by atoms with E-state index in [4.69, 9.17) is 4.74 Å². The lowest BCUT2D eigenvalue weighted by Crippen LogP contribution is -2.35. The molecule has 0 amide bonds. The molecule has 0 fully saturated rings. The minimum absolute atomic E-state index is 0.0300. The van der Waals surface area contributed by atoms with Crippen molar-refractivity contribution in [1.29, 1.82) is 0 Å². The molecule has 1 N–H and O–H groups in total. The molecule has 0 spiro atoms. The molecule has 0 saturated carbocycles. The highest BCUT2D eigenvalue weighted by Crippen LogP contribution is 2.24. The van der Waals surface area contributed by atoms with Crippen molar-refractivity contribution in [3.8, 4) is 0 Å². The molecule has 1 unspecified atom stereocenters. The average Bonchev–Trinajstić information content (AvgIpc) is 2.26. The lowest BCUT2D eigenvalue weighted by Gasteiger charge is -2.26. The molecule has 0 aromatic heterocycles. The van der Waals surface area contributed by atoms with E-state index >= 15 is 0 Å². The van der Waals surface area contributed by atoms with Gasteiger partial charge >= 0.3 is 5.97 Å². The minimum atomic E-state index is -0.471. The Morgan fingerprint density at radius 2 is 2.11 bits per heavy atom. The summed E-state index contributed by atoms with van der Waals surface area (Å²) in [7, 11) is 0. The summed E-state index contributed by atoms with van der Waals surface area (Å²) in [5.74, 6) is -0.634. The molecule has 106 valence electrons. The molecule has 4 heteroatoms. The van der Waals surface area contributed by atoms with Crippen LogP contribution >= 0.6 is 0 Å². The highest BCUT2D eigenvalue weighted by molar-refractivity contribution is 5.79. The second kappa shape index (κ2) is 6.55. The molecular formula is C15H22FNO2. The number of carbonyl (C=O) groups excluding carboxylic acids is 1. The number of hydrogen-bond acceptors (Lipinski definition) is 3. The third kappa shape index (κ3) is 5.73. The lowest BCUT2D eigenvalue weighted by atomic mass is 9.88. The first-order chi connectivity index (χ1) is 8.81. The Hall–Kier alpha value is -1.58. The van der Waals surface area contributed by atoms with Gasteiger partial charge in [-0.15, -0.1) is 0 Å². The molecule has 19 heavy (non-hydrogen) atoms. The maximum absolute atomic E-state index is 13.1. The zero-order valence-corrected chi connectivity index (χ0v) is 12.0. The summed E-state index contributed by atoms with van der Waals surface area (Å²) >= 11 is 0. The van der Waals surface area contributed by atoms with Crippen LogP contribution in [-0.4, -0.2) is 18.6 Å². The van der Waals surface area contributed by atoms with Gasteiger partial charge in [0.15, 0.2) is 0 Å². The summed E-state index contributed by atoms with van der Waals surface area (Å²) in [6.45, 7) is 8.25. The molecule has 0 heterocycles. The monoisotopic (exact) mass is 267 g/mol. The zero-order valence-electron chi connectivity index (χ0n) is 12.0. The second-order valence-electron chi connectivity index (χ2n) is 5.72. The van der Waals surface area contributed by atoms with Gasteiger partial charge in [0.05, 0.1) is 6.61 Å². The molecule has 0 saturated heterocycles. The van der Waals surface area contributed by atoms with Crippen LogP contribution in [0.1, 0.15) is 34.1 Å². The van der Waals surface area contributed by atoms with E-state index < -0.39 is 6.04 Å². The van der Waals surface area contributed by atoms with Gasteiger partial charge in [-0.2, -0.15) is 0 Å². The van der Waals surface area contributed by atoms with Crippen molar-refractivity contribution in [1.82, 2.24) is 0 Å². The van der Waals surface area contributed by atoms with Crippen molar-refractivity contribution in [2.75, 3.05) is 11.9 Å². The SMILES string of the molecule is CCOC(=O)C(CC(C)(C)C)Nc1cccc(F)c1. The van der Waals surface area contributed by atoms with E-state index in [-0.39, 0.29) is 17.2 Å². The number of benzene rings is 1. The van der Waals surface area contributed by atoms with Crippen molar-refractivity contribution in [3.05, 3.63) is 30.1 Å². The van der Waals surface area contributed by atoms with Crippen LogP contribution in [0.15, 0.2) is 24.3 Å². The van der Waals surface area contributed by atoms with Crippen LogP contribution < -0.4 is 5.32 Å².